The van der Waals surface area contributed by atoms with E-state index in [1.807, 2.05) is 12.1 Å². The second-order valence-corrected chi connectivity index (χ2v) is 6.29. The third kappa shape index (κ3) is 3.87. The first kappa shape index (κ1) is 18.3. The molecule has 1 heterocycles. The van der Waals surface area contributed by atoms with Gasteiger partial charge in [0.25, 0.3) is 5.91 Å². The van der Waals surface area contributed by atoms with Crippen LogP contribution in [0.1, 0.15) is 5.56 Å². The van der Waals surface area contributed by atoms with Crippen LogP contribution in [0, 0.1) is 0 Å². The number of carbonyl (C=O) groups is 2. The highest BCUT2D eigenvalue weighted by Crippen LogP contribution is 2.37. The van der Waals surface area contributed by atoms with E-state index in [9.17, 15) is 9.59 Å². The van der Waals surface area contributed by atoms with Crippen molar-refractivity contribution >= 4 is 29.3 Å². The standard InChI is InChI=1S/C20H21N3O4/c1-22(2)19(24)12-23-16-11-14(21)6-9-17(16)27-18(20(23)25)10-13-4-7-15(26-3)8-5-13/h4-11H,12,21H2,1-3H3/b18-10+. The van der Waals surface area contributed by atoms with Crippen LogP contribution in [0.4, 0.5) is 11.4 Å². The van der Waals surface area contributed by atoms with Crippen molar-refractivity contribution in [3.8, 4) is 11.5 Å². The van der Waals surface area contributed by atoms with Gasteiger partial charge in [-0.15, -0.1) is 0 Å². The van der Waals surface area contributed by atoms with Gasteiger partial charge in [0.1, 0.15) is 12.3 Å². The number of nitrogen functional groups attached to an aromatic ring is 1. The van der Waals surface area contributed by atoms with E-state index >= 15 is 0 Å². The third-order valence-electron chi connectivity index (χ3n) is 4.16. The summed E-state index contributed by atoms with van der Waals surface area (Å²) in [7, 11) is 4.87. The zero-order chi connectivity index (χ0) is 19.6. The summed E-state index contributed by atoms with van der Waals surface area (Å²) in [6.07, 6.45) is 1.63. The Bertz CT molecular complexity index is 904. The predicted octanol–water partition coefficient (Wildman–Crippen LogP) is 2.13. The molecule has 3 rings (SSSR count). The van der Waals surface area contributed by atoms with E-state index in [1.165, 1.54) is 9.80 Å². The molecule has 0 spiro atoms. The lowest BCUT2D eigenvalue weighted by Gasteiger charge is -2.31. The molecule has 0 unspecified atom stereocenters. The summed E-state index contributed by atoms with van der Waals surface area (Å²) in [5, 5.41) is 0. The van der Waals surface area contributed by atoms with Gasteiger partial charge in [0.15, 0.2) is 11.5 Å². The number of hydrogen-bond acceptors (Lipinski definition) is 5. The lowest BCUT2D eigenvalue weighted by atomic mass is 10.1. The van der Waals surface area contributed by atoms with E-state index in [4.69, 9.17) is 15.2 Å². The fraction of sp³-hybridized carbons (Fsp3) is 0.200. The van der Waals surface area contributed by atoms with Gasteiger partial charge >= 0.3 is 0 Å². The van der Waals surface area contributed by atoms with E-state index in [1.54, 1.807) is 57.6 Å². The number of amides is 2. The molecule has 2 aromatic rings. The van der Waals surface area contributed by atoms with Crippen molar-refractivity contribution < 1.29 is 19.1 Å². The largest absolute Gasteiger partial charge is 0.497 e. The van der Waals surface area contributed by atoms with Gasteiger partial charge in [-0.2, -0.15) is 0 Å². The van der Waals surface area contributed by atoms with E-state index in [0.717, 1.165) is 5.56 Å². The smallest absolute Gasteiger partial charge is 0.294 e. The number of nitrogens with two attached hydrogens (primary N) is 1. The van der Waals surface area contributed by atoms with Crippen molar-refractivity contribution in [2.75, 3.05) is 38.4 Å². The second kappa shape index (κ2) is 7.41. The molecule has 0 bridgehead atoms. The molecule has 0 aliphatic carbocycles. The van der Waals surface area contributed by atoms with Crippen LogP contribution in [0.15, 0.2) is 48.2 Å². The number of anilines is 2. The monoisotopic (exact) mass is 367 g/mol. The summed E-state index contributed by atoms with van der Waals surface area (Å²) in [5.41, 5.74) is 7.58. The number of benzene rings is 2. The number of nitrogens with zero attached hydrogens (tertiary/aromatic N) is 2. The van der Waals surface area contributed by atoms with Gasteiger partial charge in [0, 0.05) is 19.8 Å². The molecule has 2 aromatic carbocycles. The highest BCUT2D eigenvalue weighted by Gasteiger charge is 2.32. The maximum absolute atomic E-state index is 13.0. The minimum atomic E-state index is -0.404. The van der Waals surface area contributed by atoms with Crippen molar-refractivity contribution in [1.29, 1.82) is 0 Å². The molecular weight excluding hydrogens is 346 g/mol. The van der Waals surface area contributed by atoms with E-state index < -0.39 is 5.91 Å². The van der Waals surface area contributed by atoms with Crippen LogP contribution in [0.3, 0.4) is 0 Å². The Morgan fingerprint density at radius 2 is 1.93 bits per heavy atom. The number of carbonyl (C=O) groups excluding carboxylic acids is 2. The van der Waals surface area contributed by atoms with Crippen LogP contribution >= 0.6 is 0 Å². The number of methoxy groups -OCH3 is 1. The summed E-state index contributed by atoms with van der Waals surface area (Å²) in [6.45, 7) is -0.106. The summed E-state index contributed by atoms with van der Waals surface area (Å²) in [6, 6.07) is 12.2. The van der Waals surface area contributed by atoms with Crippen LogP contribution in [0.25, 0.3) is 6.08 Å². The quantitative estimate of drug-likeness (QED) is 0.661. The fourth-order valence-electron chi connectivity index (χ4n) is 2.61. The molecule has 140 valence electrons. The number of hydrogen-bond donors (Lipinski definition) is 1. The maximum Gasteiger partial charge on any atom is 0.294 e. The average Bonchev–Trinajstić information content (AvgIpc) is 2.66. The first-order chi connectivity index (χ1) is 12.9. The molecule has 1 aliphatic rings. The summed E-state index contributed by atoms with van der Waals surface area (Å²) in [5.74, 6) is 0.702. The molecule has 7 nitrogen and oxygen atoms in total. The van der Waals surface area contributed by atoms with Gasteiger partial charge in [0.2, 0.25) is 5.91 Å². The first-order valence-corrected chi connectivity index (χ1v) is 8.34. The zero-order valence-corrected chi connectivity index (χ0v) is 15.4. The molecule has 0 fully saturated rings. The summed E-state index contributed by atoms with van der Waals surface area (Å²) < 4.78 is 10.9. The minimum absolute atomic E-state index is 0.106. The zero-order valence-electron chi connectivity index (χ0n) is 15.4. The number of ether oxygens (including phenoxy) is 2. The van der Waals surface area contributed by atoms with Crippen LogP contribution < -0.4 is 20.1 Å². The van der Waals surface area contributed by atoms with Gasteiger partial charge in [-0.05, 0) is 42.0 Å². The molecule has 0 aromatic heterocycles. The lowest BCUT2D eigenvalue weighted by Crippen LogP contribution is -2.44. The number of rotatable bonds is 4. The molecule has 0 atom stereocenters. The van der Waals surface area contributed by atoms with E-state index in [-0.39, 0.29) is 18.2 Å². The van der Waals surface area contributed by atoms with Gasteiger partial charge in [-0.1, -0.05) is 12.1 Å². The Labute approximate surface area is 157 Å². The molecule has 27 heavy (non-hydrogen) atoms. The Morgan fingerprint density at radius 3 is 2.56 bits per heavy atom. The third-order valence-corrected chi connectivity index (χ3v) is 4.16. The highest BCUT2D eigenvalue weighted by atomic mass is 16.5. The summed E-state index contributed by atoms with van der Waals surface area (Å²) in [4.78, 5) is 28.0. The average molecular weight is 367 g/mol. The minimum Gasteiger partial charge on any atom is -0.497 e. The molecule has 0 radical (unpaired) electrons. The summed E-state index contributed by atoms with van der Waals surface area (Å²) >= 11 is 0. The van der Waals surface area contributed by atoms with Gasteiger partial charge in [-0.3, -0.25) is 14.5 Å². The van der Waals surface area contributed by atoms with E-state index in [2.05, 4.69) is 0 Å². The Balaban J connectivity index is 1.99. The fourth-order valence-corrected chi connectivity index (χ4v) is 2.61. The molecule has 2 amide bonds. The molecule has 0 saturated carbocycles. The molecular formula is C20H21N3O4. The highest BCUT2D eigenvalue weighted by molar-refractivity contribution is 6.12. The lowest BCUT2D eigenvalue weighted by molar-refractivity contribution is -0.129. The maximum atomic E-state index is 13.0. The Kier molecular flexibility index (Phi) is 5.03. The van der Waals surface area contributed by atoms with E-state index in [0.29, 0.717) is 22.9 Å². The van der Waals surface area contributed by atoms with Crippen molar-refractivity contribution in [2.45, 2.75) is 0 Å². The SMILES string of the molecule is COc1ccc(/C=C2/Oc3ccc(N)cc3N(CC(=O)N(C)C)C2=O)cc1. The van der Waals surface area contributed by atoms with Crippen molar-refractivity contribution in [3.05, 3.63) is 53.8 Å². The molecule has 1 aliphatic heterocycles. The molecule has 7 heteroatoms. The Morgan fingerprint density at radius 1 is 1.22 bits per heavy atom. The van der Waals surface area contributed by atoms with Crippen LogP contribution in [0.5, 0.6) is 11.5 Å². The van der Waals surface area contributed by atoms with Crippen molar-refractivity contribution in [1.82, 2.24) is 4.90 Å². The van der Waals surface area contributed by atoms with Crippen LogP contribution in [0.2, 0.25) is 0 Å². The van der Waals surface area contributed by atoms with Gasteiger partial charge in [0.05, 0.1) is 12.8 Å². The molecule has 2 N–H and O–H groups in total. The van der Waals surface area contributed by atoms with Gasteiger partial charge in [-0.25, -0.2) is 0 Å². The predicted molar refractivity (Wildman–Crippen MR) is 104 cm³/mol. The number of likely N-dealkylation sites (N-methyl/N-ethyl adjacent to an activating group) is 1. The topological polar surface area (TPSA) is 85.1 Å². The number of fused-ring (bicyclic) bond motifs is 1. The van der Waals surface area contributed by atoms with Crippen LogP contribution in [-0.4, -0.2) is 44.5 Å². The second-order valence-electron chi connectivity index (χ2n) is 6.29. The Hall–Kier alpha value is -3.48. The van der Waals surface area contributed by atoms with Crippen LogP contribution in [-0.2, 0) is 9.59 Å². The van der Waals surface area contributed by atoms with Gasteiger partial charge < -0.3 is 20.1 Å². The normalized spacial score (nSPS) is 14.6. The van der Waals surface area contributed by atoms with Crippen molar-refractivity contribution in [2.24, 2.45) is 0 Å². The van der Waals surface area contributed by atoms with Crippen molar-refractivity contribution in [3.63, 3.8) is 0 Å². The first-order valence-electron chi connectivity index (χ1n) is 8.34. The molecule has 0 saturated heterocycles.